The van der Waals surface area contributed by atoms with Crippen LogP contribution in [0.15, 0.2) is 47.8 Å². The maximum atomic E-state index is 11.1. The van der Waals surface area contributed by atoms with Gasteiger partial charge in [-0.25, -0.2) is 4.79 Å². The summed E-state index contributed by atoms with van der Waals surface area (Å²) in [6, 6.07) is 11.2. The second-order valence-corrected chi connectivity index (χ2v) is 6.50. The highest BCUT2D eigenvalue weighted by molar-refractivity contribution is 7.13. The lowest BCUT2D eigenvalue weighted by Gasteiger charge is -2.20. The molecule has 9 nitrogen and oxygen atoms in total. The summed E-state index contributed by atoms with van der Waals surface area (Å²) in [6.07, 6.45) is 0. The third kappa shape index (κ3) is 3.89. The van der Waals surface area contributed by atoms with Gasteiger partial charge in [0.05, 0.1) is 30.7 Å². The highest BCUT2D eigenvalue weighted by atomic mass is 32.1. The number of nitrogens with zero attached hydrogens (tertiary/aromatic N) is 2. The molecule has 0 saturated carbocycles. The molecule has 3 aromatic rings. The minimum absolute atomic E-state index is 0.00324. The van der Waals surface area contributed by atoms with Crippen LogP contribution in [-0.2, 0) is 0 Å². The molecular weight excluding hydrogens is 386 g/mol. The molecule has 146 valence electrons. The van der Waals surface area contributed by atoms with E-state index in [9.17, 15) is 15.2 Å². The summed E-state index contributed by atoms with van der Waals surface area (Å²) in [5, 5.41) is 32.0. The van der Waals surface area contributed by atoms with Crippen molar-refractivity contribution in [2.24, 2.45) is 0 Å². The van der Waals surface area contributed by atoms with Gasteiger partial charge in [0.2, 0.25) is 0 Å². The molecule has 0 amide bonds. The lowest BCUT2D eigenvalue weighted by molar-refractivity contribution is -0.274. The Morgan fingerprint density at radius 3 is 2.50 bits per heavy atom. The summed E-state index contributed by atoms with van der Waals surface area (Å²) in [7, 11) is 2.89. The Bertz CT molecular complexity index is 1000. The fourth-order valence-corrected chi connectivity index (χ4v) is 3.35. The number of para-hydroxylation sites is 1. The first-order chi connectivity index (χ1) is 13.4. The number of hydrogen-bond donors (Lipinski definition) is 4. The number of carboxylic acids is 1. The van der Waals surface area contributed by atoms with Gasteiger partial charge in [0.15, 0.2) is 0 Å². The molecule has 0 fully saturated rings. The standard InChI is InChI=1S/C18H17N3O6S/c1-26-14-6-4-3-5-12(14)17-19-16(10-28-17)21(24,25)20-13-8-7-11(18(22)23)9-15(13)27-2/h3-10,20,24-25H,1-2H3/p+1. The van der Waals surface area contributed by atoms with E-state index in [1.54, 1.807) is 13.2 Å². The monoisotopic (exact) mass is 404 g/mol. The molecule has 28 heavy (non-hydrogen) atoms. The van der Waals surface area contributed by atoms with Crippen molar-refractivity contribution in [2.75, 3.05) is 19.6 Å². The first kappa shape index (κ1) is 19.6. The molecule has 0 unspecified atom stereocenters. The summed E-state index contributed by atoms with van der Waals surface area (Å²) >= 11 is 1.21. The number of carbonyl (C=O) groups is 1. The van der Waals surface area contributed by atoms with Gasteiger partial charge in [-0.2, -0.15) is 10.4 Å². The molecule has 1 aromatic heterocycles. The smallest absolute Gasteiger partial charge is 0.335 e. The van der Waals surface area contributed by atoms with Crippen LogP contribution in [0, 0.1) is 0 Å². The van der Waals surface area contributed by atoms with Gasteiger partial charge < -0.3 is 14.6 Å². The van der Waals surface area contributed by atoms with Crippen LogP contribution in [0.4, 0.5) is 11.5 Å². The molecule has 4 N–H and O–H groups in total. The van der Waals surface area contributed by atoms with Crippen LogP contribution in [0.1, 0.15) is 10.4 Å². The quantitative estimate of drug-likeness (QED) is 0.348. The van der Waals surface area contributed by atoms with Gasteiger partial charge in [0.1, 0.15) is 27.1 Å². The maximum Gasteiger partial charge on any atom is 0.335 e. The molecule has 0 atom stereocenters. The van der Waals surface area contributed by atoms with Crippen molar-refractivity contribution in [3.8, 4) is 22.1 Å². The molecule has 0 saturated heterocycles. The number of benzene rings is 2. The van der Waals surface area contributed by atoms with Crippen molar-refractivity contribution in [3.05, 3.63) is 53.4 Å². The second kappa shape index (κ2) is 7.82. The number of aromatic nitrogens is 1. The zero-order chi connectivity index (χ0) is 20.3. The maximum absolute atomic E-state index is 11.1. The molecule has 1 heterocycles. The number of carboxylic acid groups (broad SMARTS) is 1. The fourth-order valence-electron chi connectivity index (χ4n) is 2.50. The number of thiazole rings is 1. The molecule has 0 aliphatic carbocycles. The van der Waals surface area contributed by atoms with E-state index in [4.69, 9.17) is 14.6 Å². The fraction of sp³-hybridized carbons (Fsp3) is 0.111. The second-order valence-electron chi connectivity index (χ2n) is 5.64. The normalized spacial score (nSPS) is 11.1. The highest BCUT2D eigenvalue weighted by Gasteiger charge is 2.33. The molecule has 0 spiro atoms. The Kier molecular flexibility index (Phi) is 5.47. The van der Waals surface area contributed by atoms with Gasteiger partial charge >= 0.3 is 11.8 Å². The predicted octanol–water partition coefficient (Wildman–Crippen LogP) is 3.64. The first-order valence-corrected chi connectivity index (χ1v) is 8.87. The number of anilines is 1. The largest absolute Gasteiger partial charge is 0.496 e. The van der Waals surface area contributed by atoms with E-state index in [0.717, 1.165) is 0 Å². The number of aromatic carboxylic acids is 1. The topological polar surface area (TPSA) is 121 Å². The van der Waals surface area contributed by atoms with Crippen molar-refractivity contribution in [2.45, 2.75) is 0 Å². The minimum atomic E-state index is -1.76. The van der Waals surface area contributed by atoms with Crippen molar-refractivity contribution in [1.29, 1.82) is 0 Å². The lowest BCUT2D eigenvalue weighted by Crippen LogP contribution is -2.48. The Morgan fingerprint density at radius 1 is 1.11 bits per heavy atom. The average molecular weight is 404 g/mol. The van der Waals surface area contributed by atoms with Crippen LogP contribution >= 0.6 is 11.3 Å². The van der Waals surface area contributed by atoms with Crippen molar-refractivity contribution in [3.63, 3.8) is 0 Å². The van der Waals surface area contributed by atoms with Gasteiger partial charge in [0.25, 0.3) is 0 Å². The highest BCUT2D eigenvalue weighted by Crippen LogP contribution is 2.35. The Morgan fingerprint density at radius 2 is 1.82 bits per heavy atom. The van der Waals surface area contributed by atoms with Crippen LogP contribution in [0.3, 0.4) is 0 Å². The van der Waals surface area contributed by atoms with E-state index in [0.29, 0.717) is 16.3 Å². The van der Waals surface area contributed by atoms with Gasteiger partial charge in [-0.1, -0.05) is 12.1 Å². The summed E-state index contributed by atoms with van der Waals surface area (Å²) in [5.74, 6) is -0.475. The Balaban J connectivity index is 1.90. The summed E-state index contributed by atoms with van der Waals surface area (Å²) in [6.45, 7) is 0. The van der Waals surface area contributed by atoms with Gasteiger partial charge in [-0.15, -0.1) is 21.8 Å². The minimum Gasteiger partial charge on any atom is -0.496 e. The van der Waals surface area contributed by atoms with Crippen molar-refractivity contribution >= 4 is 28.8 Å². The number of hydrogen-bond acceptors (Lipinski definition) is 8. The SMILES string of the molecule is COc1cc(C(=O)O)ccc1N[N+](O)(O)c1csc(-c2ccccc2OC)n1. The van der Waals surface area contributed by atoms with E-state index >= 15 is 0 Å². The third-order valence-electron chi connectivity index (χ3n) is 3.87. The van der Waals surface area contributed by atoms with Crippen LogP contribution in [0.5, 0.6) is 11.5 Å². The van der Waals surface area contributed by atoms with E-state index < -0.39 is 10.9 Å². The van der Waals surface area contributed by atoms with Gasteiger partial charge in [-0.3, -0.25) is 0 Å². The molecule has 0 aliphatic heterocycles. The number of ether oxygens (including phenoxy) is 2. The summed E-state index contributed by atoms with van der Waals surface area (Å²) in [5.41, 5.74) is 3.34. The van der Waals surface area contributed by atoms with Crippen LogP contribution in [0.25, 0.3) is 10.6 Å². The van der Waals surface area contributed by atoms with Crippen LogP contribution in [0.2, 0.25) is 0 Å². The summed E-state index contributed by atoms with van der Waals surface area (Å²) in [4.78, 5) is 13.6. The molecular formula is C18H18N3O6S+. The predicted molar refractivity (Wildman–Crippen MR) is 103 cm³/mol. The average Bonchev–Trinajstić information content (AvgIpc) is 3.19. The van der Waals surface area contributed by atoms with Crippen LogP contribution < -0.4 is 19.8 Å². The number of nitrogens with one attached hydrogen (secondary N) is 1. The van der Waals surface area contributed by atoms with Crippen molar-refractivity contribution in [1.82, 2.24) is 9.90 Å². The summed E-state index contributed by atoms with van der Waals surface area (Å²) < 4.78 is 10.4. The van der Waals surface area contributed by atoms with Crippen molar-refractivity contribution < 1.29 is 29.8 Å². The van der Waals surface area contributed by atoms with E-state index in [1.807, 2.05) is 18.2 Å². The van der Waals surface area contributed by atoms with E-state index in [1.165, 1.54) is 42.0 Å². The molecule has 3 rings (SSSR count). The number of rotatable bonds is 7. The third-order valence-corrected chi connectivity index (χ3v) is 4.74. The Hall–Kier alpha value is -3.18. The van der Waals surface area contributed by atoms with Gasteiger partial charge in [0, 0.05) is 0 Å². The molecule has 10 heteroatoms. The van der Waals surface area contributed by atoms with E-state index in [-0.39, 0.29) is 22.8 Å². The molecule has 0 radical (unpaired) electrons. The zero-order valence-electron chi connectivity index (χ0n) is 15.0. The molecule has 0 aliphatic rings. The zero-order valence-corrected chi connectivity index (χ0v) is 15.8. The van der Waals surface area contributed by atoms with Gasteiger partial charge in [-0.05, 0) is 30.3 Å². The van der Waals surface area contributed by atoms with E-state index in [2.05, 4.69) is 10.4 Å². The lowest BCUT2D eigenvalue weighted by atomic mass is 10.2. The Labute approximate surface area is 164 Å². The molecule has 0 bridgehead atoms. The molecule has 2 aromatic carbocycles. The number of quaternary nitrogens is 1. The first-order valence-electron chi connectivity index (χ1n) is 7.99. The number of methoxy groups -OCH3 is 2. The van der Waals surface area contributed by atoms with Crippen LogP contribution in [-0.4, -0.2) is 40.7 Å².